The molecule has 1 aliphatic rings. The second kappa shape index (κ2) is 9.01. The van der Waals surface area contributed by atoms with E-state index in [4.69, 9.17) is 9.84 Å². The predicted molar refractivity (Wildman–Crippen MR) is 106 cm³/mol. The zero-order valence-corrected chi connectivity index (χ0v) is 16.0. The van der Waals surface area contributed by atoms with Gasteiger partial charge in [0.2, 0.25) is 0 Å². The molecule has 4 nitrogen and oxygen atoms in total. The van der Waals surface area contributed by atoms with Crippen molar-refractivity contribution in [3.8, 4) is 5.75 Å². The summed E-state index contributed by atoms with van der Waals surface area (Å²) in [5.74, 6) is -0.251. The van der Waals surface area contributed by atoms with Crippen LogP contribution in [0.1, 0.15) is 29.5 Å². The Balaban J connectivity index is 1.69. The fraction of sp³-hybridized carbons (Fsp3) is 0.286. The summed E-state index contributed by atoms with van der Waals surface area (Å²) in [5, 5.41) is 12.5. The minimum atomic E-state index is -0.864. The van der Waals surface area contributed by atoms with Gasteiger partial charge < -0.3 is 15.2 Å². The summed E-state index contributed by atoms with van der Waals surface area (Å²) in [5.41, 5.74) is 2.83. The highest BCUT2D eigenvalue weighted by Crippen LogP contribution is 2.22. The van der Waals surface area contributed by atoms with Crippen LogP contribution < -0.4 is 10.1 Å². The van der Waals surface area contributed by atoms with E-state index in [0.717, 1.165) is 22.1 Å². The molecule has 1 fully saturated rings. The van der Waals surface area contributed by atoms with Crippen molar-refractivity contribution in [3.63, 3.8) is 0 Å². The molecule has 0 amide bonds. The Kier molecular flexibility index (Phi) is 6.47. The molecule has 0 saturated carbocycles. The van der Waals surface area contributed by atoms with Crippen molar-refractivity contribution >= 4 is 28.0 Å². The third kappa shape index (κ3) is 5.44. The Morgan fingerprint density at radius 2 is 2.15 bits per heavy atom. The largest absolute Gasteiger partial charge is 0.489 e. The van der Waals surface area contributed by atoms with Crippen molar-refractivity contribution in [2.24, 2.45) is 0 Å². The van der Waals surface area contributed by atoms with Crippen molar-refractivity contribution in [1.29, 1.82) is 0 Å². The number of para-hydroxylation sites is 1. The Hall–Kier alpha value is -2.11. The lowest BCUT2D eigenvalue weighted by Crippen LogP contribution is -2.17. The third-order valence-corrected chi connectivity index (χ3v) is 4.77. The first-order valence-electron chi connectivity index (χ1n) is 8.74. The van der Waals surface area contributed by atoms with E-state index in [0.29, 0.717) is 24.0 Å². The van der Waals surface area contributed by atoms with Crippen LogP contribution in [0.5, 0.6) is 5.75 Å². The highest BCUT2D eigenvalue weighted by Gasteiger charge is 2.10. The number of carboxylic acid groups (broad SMARTS) is 1. The zero-order chi connectivity index (χ0) is 18.4. The van der Waals surface area contributed by atoms with Crippen LogP contribution in [0.25, 0.3) is 6.08 Å². The van der Waals surface area contributed by atoms with E-state index < -0.39 is 5.97 Å². The van der Waals surface area contributed by atoms with Crippen LogP contribution in [0.4, 0.5) is 0 Å². The number of ether oxygens (including phenoxy) is 1. The number of halogens is 1. The Labute approximate surface area is 162 Å². The van der Waals surface area contributed by atoms with Crippen LogP contribution >= 0.6 is 15.9 Å². The van der Waals surface area contributed by atoms with Gasteiger partial charge in [0.15, 0.2) is 0 Å². The van der Waals surface area contributed by atoms with Crippen molar-refractivity contribution in [2.75, 3.05) is 6.54 Å². The second-order valence-electron chi connectivity index (χ2n) is 6.42. The minimum absolute atomic E-state index is 0.0446. The Bertz CT molecular complexity index is 798. The SMILES string of the molecule is O=C(O)Cc1ccccc1OCc1cc(Br)cc(C=CC2CCCN2)c1. The van der Waals surface area contributed by atoms with Gasteiger partial charge in [-0.2, -0.15) is 0 Å². The van der Waals surface area contributed by atoms with Gasteiger partial charge in [0.25, 0.3) is 0 Å². The molecule has 0 bridgehead atoms. The molecule has 1 heterocycles. The lowest BCUT2D eigenvalue weighted by molar-refractivity contribution is -0.136. The molecule has 2 aromatic carbocycles. The van der Waals surface area contributed by atoms with Crippen LogP contribution in [0.3, 0.4) is 0 Å². The first kappa shape index (κ1) is 18.7. The van der Waals surface area contributed by atoms with Gasteiger partial charge in [0.1, 0.15) is 12.4 Å². The van der Waals surface area contributed by atoms with Gasteiger partial charge in [-0.3, -0.25) is 4.79 Å². The molecule has 0 aliphatic carbocycles. The lowest BCUT2D eigenvalue weighted by Gasteiger charge is -2.11. The summed E-state index contributed by atoms with van der Waals surface area (Å²) < 4.78 is 6.89. The molecule has 1 aliphatic heterocycles. The van der Waals surface area contributed by atoms with Gasteiger partial charge in [0, 0.05) is 16.1 Å². The Morgan fingerprint density at radius 3 is 2.92 bits per heavy atom. The van der Waals surface area contributed by atoms with Crippen molar-refractivity contribution in [2.45, 2.75) is 31.9 Å². The zero-order valence-electron chi connectivity index (χ0n) is 14.5. The smallest absolute Gasteiger partial charge is 0.307 e. The van der Waals surface area contributed by atoms with Crippen molar-refractivity contribution in [1.82, 2.24) is 5.32 Å². The summed E-state index contributed by atoms with van der Waals surface area (Å²) >= 11 is 3.56. The van der Waals surface area contributed by atoms with Crippen molar-refractivity contribution < 1.29 is 14.6 Å². The molecule has 2 aromatic rings. The fourth-order valence-electron chi connectivity index (χ4n) is 3.07. The molecule has 0 radical (unpaired) electrons. The number of carbonyl (C=O) groups is 1. The maximum absolute atomic E-state index is 11.0. The average Bonchev–Trinajstić information content (AvgIpc) is 3.12. The van der Waals surface area contributed by atoms with Crippen LogP contribution in [0.15, 0.2) is 53.0 Å². The molecular formula is C21H22BrNO3. The molecule has 1 unspecified atom stereocenters. The standard InChI is InChI=1S/C21H22BrNO3/c22-18-11-15(7-8-19-5-3-9-23-19)10-16(12-18)14-26-20-6-2-1-4-17(20)13-21(24)25/h1-2,4,6-8,10-12,19,23H,3,5,9,13-14H2,(H,24,25). The molecule has 1 atom stereocenters. The number of hydrogen-bond donors (Lipinski definition) is 2. The number of rotatable bonds is 7. The van der Waals surface area contributed by atoms with E-state index in [1.165, 1.54) is 12.8 Å². The van der Waals surface area contributed by atoms with Crippen LogP contribution in [0.2, 0.25) is 0 Å². The molecule has 1 saturated heterocycles. The van der Waals surface area contributed by atoms with E-state index >= 15 is 0 Å². The quantitative estimate of drug-likeness (QED) is 0.702. The molecule has 2 N–H and O–H groups in total. The third-order valence-electron chi connectivity index (χ3n) is 4.31. The number of hydrogen-bond acceptors (Lipinski definition) is 3. The number of carboxylic acids is 1. The molecule has 0 spiro atoms. The summed E-state index contributed by atoms with van der Waals surface area (Å²) in [7, 11) is 0. The maximum atomic E-state index is 11.0. The summed E-state index contributed by atoms with van der Waals surface area (Å²) in [6.07, 6.45) is 6.71. The summed E-state index contributed by atoms with van der Waals surface area (Å²) in [6, 6.07) is 13.9. The predicted octanol–water partition coefficient (Wildman–Crippen LogP) is 4.42. The fourth-order valence-corrected chi connectivity index (χ4v) is 3.63. The van der Waals surface area contributed by atoms with Crippen LogP contribution in [-0.2, 0) is 17.8 Å². The monoisotopic (exact) mass is 415 g/mol. The van der Waals surface area contributed by atoms with E-state index in [-0.39, 0.29) is 6.42 Å². The Morgan fingerprint density at radius 1 is 1.31 bits per heavy atom. The second-order valence-corrected chi connectivity index (χ2v) is 7.34. The molecule has 136 valence electrons. The van der Waals surface area contributed by atoms with Crippen molar-refractivity contribution in [3.05, 3.63) is 69.7 Å². The van der Waals surface area contributed by atoms with Gasteiger partial charge in [0.05, 0.1) is 6.42 Å². The van der Waals surface area contributed by atoms with E-state index in [2.05, 4.69) is 45.5 Å². The maximum Gasteiger partial charge on any atom is 0.307 e. The molecule has 0 aromatic heterocycles. The van der Waals surface area contributed by atoms with Gasteiger partial charge in [-0.05, 0) is 54.8 Å². The lowest BCUT2D eigenvalue weighted by atomic mass is 10.1. The minimum Gasteiger partial charge on any atom is -0.489 e. The first-order chi connectivity index (χ1) is 12.6. The van der Waals surface area contributed by atoms with E-state index in [1.54, 1.807) is 6.07 Å². The van der Waals surface area contributed by atoms with Gasteiger partial charge >= 0.3 is 5.97 Å². The van der Waals surface area contributed by atoms with Gasteiger partial charge in [-0.1, -0.05) is 46.3 Å². The molecule has 3 rings (SSSR count). The van der Waals surface area contributed by atoms with E-state index in [9.17, 15) is 4.79 Å². The summed E-state index contributed by atoms with van der Waals surface area (Å²) in [4.78, 5) is 11.0. The average molecular weight is 416 g/mol. The molecule has 5 heteroatoms. The number of aliphatic carboxylic acids is 1. The van der Waals surface area contributed by atoms with Gasteiger partial charge in [-0.15, -0.1) is 0 Å². The first-order valence-corrected chi connectivity index (χ1v) is 9.53. The normalized spacial score (nSPS) is 16.9. The number of benzene rings is 2. The highest BCUT2D eigenvalue weighted by atomic mass is 79.9. The number of nitrogens with one attached hydrogen (secondary N) is 1. The van der Waals surface area contributed by atoms with Crippen LogP contribution in [-0.4, -0.2) is 23.7 Å². The molecular weight excluding hydrogens is 394 g/mol. The highest BCUT2D eigenvalue weighted by molar-refractivity contribution is 9.10. The van der Waals surface area contributed by atoms with Gasteiger partial charge in [-0.25, -0.2) is 0 Å². The van der Waals surface area contributed by atoms with Crippen LogP contribution in [0, 0.1) is 0 Å². The molecule has 26 heavy (non-hydrogen) atoms. The summed E-state index contributed by atoms with van der Waals surface area (Å²) in [6.45, 7) is 1.47. The topological polar surface area (TPSA) is 58.6 Å². The van der Waals surface area contributed by atoms with E-state index in [1.807, 2.05) is 24.3 Å².